The molecule has 0 heterocycles. The first-order valence-corrected chi connectivity index (χ1v) is 15.9. The van der Waals surface area contributed by atoms with Crippen molar-refractivity contribution in [2.45, 2.75) is 97.3 Å². The highest BCUT2D eigenvalue weighted by molar-refractivity contribution is 5.91. The van der Waals surface area contributed by atoms with E-state index >= 15 is 0 Å². The molecule has 0 fully saturated rings. The smallest absolute Gasteiger partial charge is 0.343 e. The summed E-state index contributed by atoms with van der Waals surface area (Å²) in [5.41, 5.74) is 2.93. The van der Waals surface area contributed by atoms with E-state index in [1.165, 1.54) is 32.1 Å². The number of nitrogens with zero attached hydrogens (tertiary/aromatic N) is 1. The van der Waals surface area contributed by atoms with Crippen molar-refractivity contribution < 1.29 is 19.2 Å². The van der Waals surface area contributed by atoms with Gasteiger partial charge in [0.05, 0.1) is 17.1 Å². The van der Waals surface area contributed by atoms with Crippen LogP contribution in [0.5, 0.6) is 11.5 Å². The SMILES string of the molecule is CCCCC/C=C/CCCOc1ccc(C(=O)Oc2ccc(-c3ccc([C@@H](C)CCCCCC)c([N+](=O)[O-])c3)cc2)cc1. The van der Waals surface area contributed by atoms with E-state index in [0.29, 0.717) is 17.9 Å². The average Bonchev–Trinajstić information content (AvgIpc) is 3.02. The van der Waals surface area contributed by atoms with Gasteiger partial charge in [0.2, 0.25) is 0 Å². The lowest BCUT2D eigenvalue weighted by atomic mass is 9.91. The third kappa shape index (κ3) is 11.3. The van der Waals surface area contributed by atoms with Gasteiger partial charge in [-0.1, -0.05) is 95.7 Å². The highest BCUT2D eigenvalue weighted by Gasteiger charge is 2.20. The molecule has 0 aromatic heterocycles. The van der Waals surface area contributed by atoms with Crippen LogP contribution in [-0.4, -0.2) is 17.5 Å². The van der Waals surface area contributed by atoms with Crippen LogP contribution < -0.4 is 9.47 Å². The van der Waals surface area contributed by atoms with Crippen molar-refractivity contribution in [3.8, 4) is 22.6 Å². The van der Waals surface area contributed by atoms with E-state index in [0.717, 1.165) is 61.0 Å². The summed E-state index contributed by atoms with van der Waals surface area (Å²) in [6.45, 7) is 7.08. The maximum absolute atomic E-state index is 12.7. The maximum Gasteiger partial charge on any atom is 0.343 e. The topological polar surface area (TPSA) is 78.7 Å². The summed E-state index contributed by atoms with van der Waals surface area (Å²) < 4.78 is 11.4. The molecule has 3 aromatic carbocycles. The molecule has 0 N–H and O–H groups in total. The number of esters is 1. The lowest BCUT2D eigenvalue weighted by molar-refractivity contribution is -0.385. The Kier molecular flexibility index (Phi) is 14.5. The molecule has 43 heavy (non-hydrogen) atoms. The van der Waals surface area contributed by atoms with Crippen molar-refractivity contribution in [3.63, 3.8) is 0 Å². The van der Waals surface area contributed by atoms with Gasteiger partial charge in [-0.15, -0.1) is 0 Å². The summed E-state index contributed by atoms with van der Waals surface area (Å²) >= 11 is 0. The number of hydrogen-bond donors (Lipinski definition) is 0. The molecule has 3 aromatic rings. The number of nitro benzene ring substituents is 1. The van der Waals surface area contributed by atoms with Gasteiger partial charge in [0.25, 0.3) is 5.69 Å². The van der Waals surface area contributed by atoms with Crippen LogP contribution >= 0.6 is 0 Å². The summed E-state index contributed by atoms with van der Waals surface area (Å²) in [5.74, 6) is 0.795. The number of benzene rings is 3. The largest absolute Gasteiger partial charge is 0.494 e. The molecule has 0 amide bonds. The highest BCUT2D eigenvalue weighted by Crippen LogP contribution is 2.34. The summed E-state index contributed by atoms with van der Waals surface area (Å²) in [4.78, 5) is 24.3. The fourth-order valence-electron chi connectivity index (χ4n) is 5.04. The molecule has 0 radical (unpaired) electrons. The van der Waals surface area contributed by atoms with Gasteiger partial charge in [0.15, 0.2) is 0 Å². The summed E-state index contributed by atoms with van der Waals surface area (Å²) in [5, 5.41) is 11.9. The lowest BCUT2D eigenvalue weighted by Crippen LogP contribution is -2.08. The first-order valence-electron chi connectivity index (χ1n) is 15.9. The van der Waals surface area contributed by atoms with Gasteiger partial charge in [-0.3, -0.25) is 10.1 Å². The second kappa shape index (κ2) is 18.6. The third-order valence-electron chi connectivity index (χ3n) is 7.66. The number of rotatable bonds is 19. The molecule has 0 aliphatic carbocycles. The van der Waals surface area contributed by atoms with Crippen LogP contribution in [0.25, 0.3) is 11.1 Å². The molecule has 6 heteroatoms. The van der Waals surface area contributed by atoms with Crippen molar-refractivity contribution in [1.82, 2.24) is 0 Å². The first-order chi connectivity index (χ1) is 20.9. The molecule has 0 saturated heterocycles. The molecular weight excluding hydrogens is 538 g/mol. The minimum absolute atomic E-state index is 0.126. The van der Waals surface area contributed by atoms with Gasteiger partial charge in [0, 0.05) is 11.6 Å². The number of unbranched alkanes of at least 4 members (excludes halogenated alkanes) is 7. The molecule has 0 spiro atoms. The fraction of sp³-hybridized carbons (Fsp3) is 0.432. The molecule has 0 saturated carbocycles. The second-order valence-electron chi connectivity index (χ2n) is 11.2. The Bertz CT molecular complexity index is 1300. The second-order valence-corrected chi connectivity index (χ2v) is 11.2. The molecule has 1 atom stereocenters. The van der Waals surface area contributed by atoms with Crippen LogP contribution in [0.2, 0.25) is 0 Å². The summed E-state index contributed by atoms with van der Waals surface area (Å²) in [6, 6.07) is 19.5. The highest BCUT2D eigenvalue weighted by atomic mass is 16.6. The van der Waals surface area contributed by atoms with Gasteiger partial charge >= 0.3 is 5.97 Å². The monoisotopic (exact) mass is 585 g/mol. The van der Waals surface area contributed by atoms with Crippen molar-refractivity contribution in [2.75, 3.05) is 6.61 Å². The predicted molar refractivity (Wildman–Crippen MR) is 175 cm³/mol. The number of allylic oxidation sites excluding steroid dienone is 2. The Morgan fingerprint density at radius 2 is 1.42 bits per heavy atom. The normalized spacial score (nSPS) is 11.9. The maximum atomic E-state index is 12.7. The Morgan fingerprint density at radius 1 is 0.791 bits per heavy atom. The predicted octanol–water partition coefficient (Wildman–Crippen LogP) is 10.9. The number of ether oxygens (including phenoxy) is 2. The molecule has 230 valence electrons. The van der Waals surface area contributed by atoms with Gasteiger partial charge in [-0.25, -0.2) is 4.79 Å². The van der Waals surface area contributed by atoms with E-state index in [-0.39, 0.29) is 16.5 Å². The number of nitro groups is 1. The fourth-order valence-corrected chi connectivity index (χ4v) is 5.04. The average molecular weight is 586 g/mol. The van der Waals surface area contributed by atoms with E-state index in [2.05, 4.69) is 32.9 Å². The zero-order chi connectivity index (χ0) is 30.9. The summed E-state index contributed by atoms with van der Waals surface area (Å²) in [6.07, 6.45) is 16.9. The number of carbonyl (C=O) groups excluding carboxylic acids is 1. The van der Waals surface area contributed by atoms with Gasteiger partial charge in [-0.05, 0) is 85.5 Å². The minimum atomic E-state index is -0.458. The van der Waals surface area contributed by atoms with Crippen LogP contribution in [0.1, 0.15) is 113 Å². The van der Waals surface area contributed by atoms with Crippen molar-refractivity contribution in [2.24, 2.45) is 0 Å². The van der Waals surface area contributed by atoms with Crippen molar-refractivity contribution >= 4 is 11.7 Å². The molecule has 3 rings (SSSR count). The number of carbonyl (C=O) groups is 1. The summed E-state index contributed by atoms with van der Waals surface area (Å²) in [7, 11) is 0. The zero-order valence-electron chi connectivity index (χ0n) is 26.1. The van der Waals surface area contributed by atoms with E-state index in [9.17, 15) is 14.9 Å². The number of hydrogen-bond acceptors (Lipinski definition) is 5. The third-order valence-corrected chi connectivity index (χ3v) is 7.66. The standard InChI is InChI=1S/C37H47NO5/c1-4-6-8-10-11-12-13-15-27-42-33-22-19-31(20-23-33)37(39)43-34-24-17-30(18-25-34)32-21-26-35(36(28-32)38(40)41)29(3)16-14-9-7-5-2/h11-12,17-26,28-29H,4-10,13-16,27H2,1-3H3/b12-11+/t29-/m0/s1. The quantitative estimate of drug-likeness (QED) is 0.0349. The molecule has 0 unspecified atom stereocenters. The minimum Gasteiger partial charge on any atom is -0.494 e. The van der Waals surface area contributed by atoms with E-state index in [1.807, 2.05) is 24.3 Å². The molecule has 0 aliphatic rings. The van der Waals surface area contributed by atoms with Crippen LogP contribution in [0, 0.1) is 10.1 Å². The molecule has 0 bridgehead atoms. The zero-order valence-corrected chi connectivity index (χ0v) is 26.1. The van der Waals surface area contributed by atoms with Crippen LogP contribution in [-0.2, 0) is 0 Å². The lowest BCUT2D eigenvalue weighted by Gasteiger charge is -2.13. The molecule has 0 aliphatic heterocycles. The first kappa shape index (κ1) is 33.6. The van der Waals surface area contributed by atoms with Crippen molar-refractivity contribution in [3.05, 3.63) is 100 Å². The van der Waals surface area contributed by atoms with Gasteiger partial charge < -0.3 is 9.47 Å². The van der Waals surface area contributed by atoms with E-state index in [4.69, 9.17) is 9.47 Å². The Balaban J connectivity index is 1.52. The van der Waals surface area contributed by atoms with Crippen LogP contribution in [0.4, 0.5) is 5.69 Å². The Labute approximate surface area is 257 Å². The van der Waals surface area contributed by atoms with E-state index < -0.39 is 5.97 Å². The Morgan fingerprint density at radius 3 is 2.09 bits per heavy atom. The van der Waals surface area contributed by atoms with E-state index in [1.54, 1.807) is 42.5 Å². The van der Waals surface area contributed by atoms with Gasteiger partial charge in [-0.2, -0.15) is 0 Å². The van der Waals surface area contributed by atoms with Crippen molar-refractivity contribution in [1.29, 1.82) is 0 Å². The molecular formula is C37H47NO5. The Hall–Kier alpha value is -3.93. The van der Waals surface area contributed by atoms with Gasteiger partial charge in [0.1, 0.15) is 11.5 Å². The molecule has 6 nitrogen and oxygen atoms in total. The van der Waals surface area contributed by atoms with Crippen LogP contribution in [0.15, 0.2) is 78.9 Å². The van der Waals surface area contributed by atoms with Crippen LogP contribution in [0.3, 0.4) is 0 Å².